The molecule has 0 unspecified atom stereocenters. The average Bonchev–Trinajstić information content (AvgIpc) is 3.64. The molecule has 0 N–H and O–H groups in total. The highest BCUT2D eigenvalue weighted by Crippen LogP contribution is 2.44. The minimum absolute atomic E-state index is 0.00583. The molecule has 7 heteroatoms. The van der Waals surface area contributed by atoms with Crippen LogP contribution in [0.1, 0.15) is 57.2 Å². The Bertz CT molecular complexity index is 2350. The molecule has 0 spiro atoms. The molecule has 4 aromatic heterocycles. The largest absolute Gasteiger partial charge is 0.457 e. The smallest absolute Gasteiger partial charge is 0.158 e. The van der Waals surface area contributed by atoms with Gasteiger partial charge < -0.3 is 14.5 Å². The van der Waals surface area contributed by atoms with Crippen LogP contribution in [0.4, 0.5) is 23.0 Å². The number of rotatable bonds is 6. The third-order valence-electron chi connectivity index (χ3n) is 9.44. The summed E-state index contributed by atoms with van der Waals surface area (Å²) in [5.41, 5.74) is 7.82. The van der Waals surface area contributed by atoms with Gasteiger partial charge in [0.1, 0.15) is 29.8 Å². The fraction of sp³-hybridized carbons (Fsp3) is 0.214. The quantitative estimate of drug-likeness (QED) is 0.180. The van der Waals surface area contributed by atoms with Crippen LogP contribution in [-0.4, -0.2) is 26.2 Å². The second kappa shape index (κ2) is 11.8. The van der Waals surface area contributed by atoms with Crippen LogP contribution in [-0.2, 0) is 5.41 Å². The molecule has 0 saturated carbocycles. The van der Waals surface area contributed by atoms with Gasteiger partial charge in [-0.1, -0.05) is 65.0 Å². The molecule has 0 amide bonds. The summed E-state index contributed by atoms with van der Waals surface area (Å²) in [6, 6.07) is 33.7. The summed E-state index contributed by atoms with van der Waals surface area (Å²) in [7, 11) is 0. The summed E-state index contributed by atoms with van der Waals surface area (Å²) in [5.74, 6) is 4.66. The Morgan fingerprint density at radius 3 is 2.33 bits per heavy atom. The van der Waals surface area contributed by atoms with Gasteiger partial charge in [0, 0.05) is 47.2 Å². The van der Waals surface area contributed by atoms with Crippen molar-refractivity contribution in [1.29, 1.82) is 0 Å². The van der Waals surface area contributed by atoms with Crippen LogP contribution < -0.4 is 14.5 Å². The number of anilines is 4. The van der Waals surface area contributed by atoms with Gasteiger partial charge in [0.15, 0.2) is 5.82 Å². The summed E-state index contributed by atoms with van der Waals surface area (Å²) >= 11 is 0. The number of fused-ring (bicyclic) bond motifs is 4. The minimum Gasteiger partial charge on any atom is -0.457 e. The fourth-order valence-corrected chi connectivity index (χ4v) is 6.78. The van der Waals surface area contributed by atoms with Crippen LogP contribution >= 0.6 is 0 Å². The maximum atomic E-state index is 6.60. The molecule has 49 heavy (non-hydrogen) atoms. The molecule has 8 rings (SSSR count). The van der Waals surface area contributed by atoms with Gasteiger partial charge in [0.25, 0.3) is 0 Å². The summed E-state index contributed by atoms with van der Waals surface area (Å²) in [5, 5.41) is 2.34. The minimum atomic E-state index is 0.00583. The van der Waals surface area contributed by atoms with Crippen molar-refractivity contribution in [3.05, 3.63) is 132 Å². The van der Waals surface area contributed by atoms with E-state index >= 15 is 0 Å². The van der Waals surface area contributed by atoms with Gasteiger partial charge in [-0.15, -0.1) is 0 Å². The second-order valence-electron chi connectivity index (χ2n) is 14.2. The van der Waals surface area contributed by atoms with Crippen molar-refractivity contribution >= 4 is 44.8 Å². The van der Waals surface area contributed by atoms with Gasteiger partial charge in [-0.25, -0.2) is 15.0 Å². The molecule has 0 atom stereocenters. The topological polar surface area (TPSA) is 59.3 Å². The van der Waals surface area contributed by atoms with Crippen LogP contribution in [0.2, 0.25) is 0 Å². The maximum absolute atomic E-state index is 6.60. The van der Waals surface area contributed by atoms with E-state index in [1.807, 2.05) is 36.8 Å². The zero-order chi connectivity index (χ0) is 33.9. The number of hydrogen-bond acceptors (Lipinski definition) is 6. The van der Waals surface area contributed by atoms with Crippen molar-refractivity contribution in [3.8, 4) is 17.3 Å². The summed E-state index contributed by atoms with van der Waals surface area (Å²) < 4.78 is 8.84. The number of para-hydroxylation sites is 1. The van der Waals surface area contributed by atoms with E-state index in [9.17, 15) is 0 Å². The summed E-state index contributed by atoms with van der Waals surface area (Å²) in [4.78, 5) is 19.0. The van der Waals surface area contributed by atoms with Crippen molar-refractivity contribution in [3.63, 3.8) is 0 Å². The molecule has 7 nitrogen and oxygen atoms in total. The standard InChI is InChI=1S/C42H40N6O/c1-27(2)29-21-28(3)40(45-25-29)47-26-46(41-37(47)15-10-19-44-41)31-11-9-12-32(23-31)49-33-16-17-35-34-13-7-8-14-36(34)48(38(35)24-33)39-22-30(18-20-43-39)42(4,5)6/h7-25,27H,26H2,1-6H3. The normalized spacial score (nSPS) is 13.1. The van der Waals surface area contributed by atoms with E-state index in [1.54, 1.807) is 0 Å². The number of pyridine rings is 3. The number of benzene rings is 3. The Morgan fingerprint density at radius 1 is 0.694 bits per heavy atom. The first-order chi connectivity index (χ1) is 23.7. The second-order valence-corrected chi connectivity index (χ2v) is 14.2. The lowest BCUT2D eigenvalue weighted by molar-refractivity contribution is 0.483. The Kier molecular flexibility index (Phi) is 7.36. The van der Waals surface area contributed by atoms with Crippen molar-refractivity contribution in [2.45, 2.75) is 52.9 Å². The number of nitrogens with zero attached hydrogens (tertiary/aromatic N) is 6. The molecule has 0 fully saturated rings. The van der Waals surface area contributed by atoms with Crippen molar-refractivity contribution in [2.75, 3.05) is 16.5 Å². The third-order valence-corrected chi connectivity index (χ3v) is 9.44. The molecule has 0 aliphatic carbocycles. The monoisotopic (exact) mass is 644 g/mol. The lowest BCUT2D eigenvalue weighted by Gasteiger charge is -2.23. The van der Waals surface area contributed by atoms with Gasteiger partial charge in [0.05, 0.1) is 16.7 Å². The maximum Gasteiger partial charge on any atom is 0.158 e. The Labute approximate surface area is 287 Å². The van der Waals surface area contributed by atoms with Crippen LogP contribution in [0.5, 0.6) is 11.5 Å². The number of aryl methyl sites for hydroxylation is 1. The van der Waals surface area contributed by atoms with Crippen LogP contribution in [0, 0.1) is 6.92 Å². The first kappa shape index (κ1) is 30.6. The molecule has 0 saturated heterocycles. The van der Waals surface area contributed by atoms with E-state index in [1.165, 1.54) is 16.5 Å². The Balaban J connectivity index is 1.15. The first-order valence-electron chi connectivity index (χ1n) is 16.9. The SMILES string of the molecule is Cc1cc(C(C)C)cnc1N1CN(c2cccc(Oc3ccc4c5ccccc5n(-c5cc(C(C)(C)C)ccn5)c4c3)c2)c2ncccc21. The zero-order valence-corrected chi connectivity index (χ0v) is 28.8. The van der Waals surface area contributed by atoms with Crippen molar-refractivity contribution in [2.24, 2.45) is 0 Å². The fourth-order valence-electron chi connectivity index (χ4n) is 6.78. The Hall–Kier alpha value is -5.69. The summed E-state index contributed by atoms with van der Waals surface area (Å²) in [6.45, 7) is 13.8. The van der Waals surface area contributed by atoms with Crippen LogP contribution in [0.25, 0.3) is 27.6 Å². The van der Waals surface area contributed by atoms with E-state index in [-0.39, 0.29) is 5.41 Å². The van der Waals surface area contributed by atoms with E-state index in [2.05, 4.69) is 135 Å². The molecule has 7 aromatic rings. The highest BCUT2D eigenvalue weighted by atomic mass is 16.5. The van der Waals surface area contributed by atoms with E-state index < -0.39 is 0 Å². The van der Waals surface area contributed by atoms with Gasteiger partial charge in [-0.05, 0) is 89.5 Å². The average molecular weight is 645 g/mol. The third kappa shape index (κ3) is 5.45. The molecule has 244 valence electrons. The lowest BCUT2D eigenvalue weighted by atomic mass is 9.88. The highest BCUT2D eigenvalue weighted by molar-refractivity contribution is 6.09. The summed E-state index contributed by atoms with van der Waals surface area (Å²) in [6.07, 6.45) is 5.75. The molecule has 1 aliphatic heterocycles. The number of aromatic nitrogens is 4. The molecule has 5 heterocycles. The van der Waals surface area contributed by atoms with Gasteiger partial charge in [-0.3, -0.25) is 4.57 Å². The van der Waals surface area contributed by atoms with Crippen LogP contribution in [0.3, 0.4) is 0 Å². The van der Waals surface area contributed by atoms with E-state index in [4.69, 9.17) is 19.7 Å². The molecule has 0 bridgehead atoms. The first-order valence-corrected chi connectivity index (χ1v) is 16.9. The molecule has 0 radical (unpaired) electrons. The van der Waals surface area contributed by atoms with Gasteiger partial charge in [-0.2, -0.15) is 0 Å². The van der Waals surface area contributed by atoms with Crippen molar-refractivity contribution < 1.29 is 4.74 Å². The zero-order valence-electron chi connectivity index (χ0n) is 28.8. The molecule has 3 aromatic carbocycles. The van der Waals surface area contributed by atoms with Crippen molar-refractivity contribution in [1.82, 2.24) is 19.5 Å². The van der Waals surface area contributed by atoms with Crippen LogP contribution in [0.15, 0.2) is 116 Å². The number of ether oxygens (including phenoxy) is 1. The highest BCUT2D eigenvalue weighted by Gasteiger charge is 2.31. The van der Waals surface area contributed by atoms with Gasteiger partial charge >= 0.3 is 0 Å². The predicted octanol–water partition coefficient (Wildman–Crippen LogP) is 10.7. The van der Waals surface area contributed by atoms with E-state index in [0.717, 1.165) is 62.3 Å². The number of hydrogen-bond donors (Lipinski definition) is 0. The molecular formula is C42H40N6O. The Morgan fingerprint density at radius 2 is 1.51 bits per heavy atom. The molecular weight excluding hydrogens is 605 g/mol. The lowest BCUT2D eigenvalue weighted by Crippen LogP contribution is -2.25. The molecule has 1 aliphatic rings. The van der Waals surface area contributed by atoms with Gasteiger partial charge in [0.2, 0.25) is 0 Å². The predicted molar refractivity (Wildman–Crippen MR) is 200 cm³/mol. The van der Waals surface area contributed by atoms with E-state index in [0.29, 0.717) is 12.6 Å².